The Hall–Kier alpha value is -7.05. The number of carbonyl (C=O) groups excluding carboxylic acids is 1. The van der Waals surface area contributed by atoms with Gasteiger partial charge in [-0.05, 0) is 77.2 Å². The van der Waals surface area contributed by atoms with Gasteiger partial charge in [0, 0.05) is 44.3 Å². The van der Waals surface area contributed by atoms with Crippen LogP contribution in [0, 0.1) is 0 Å². The summed E-state index contributed by atoms with van der Waals surface area (Å²) >= 11 is 0. The number of hydrogen-bond donors (Lipinski definition) is 2. The highest BCUT2D eigenvalue weighted by molar-refractivity contribution is 6.04. The number of carbonyl (C=O) groups is 1. The Kier molecular flexibility index (Phi) is 8.61. The van der Waals surface area contributed by atoms with Crippen molar-refractivity contribution < 1.29 is 9.53 Å². The Morgan fingerprint density at radius 3 is 1.31 bits per heavy atom. The summed E-state index contributed by atoms with van der Waals surface area (Å²) in [4.78, 5) is 31.7. The van der Waals surface area contributed by atoms with Gasteiger partial charge in [-0.15, -0.1) is 0 Å². The summed E-state index contributed by atoms with van der Waals surface area (Å²) < 4.78 is 5.51. The van der Waals surface area contributed by atoms with Crippen LogP contribution < -0.4 is 0 Å². The third-order valence-corrected chi connectivity index (χ3v) is 9.83. The number of aromatic nitrogens is 4. The zero-order valence-corrected chi connectivity index (χ0v) is 29.7. The lowest BCUT2D eigenvalue weighted by atomic mass is 9.98. The molecule has 0 saturated heterocycles. The Morgan fingerprint density at radius 2 is 0.889 bits per heavy atom. The van der Waals surface area contributed by atoms with Gasteiger partial charge in [-0.25, -0.2) is 9.97 Å². The first-order valence-electron chi connectivity index (χ1n) is 18.2. The zero-order chi connectivity index (χ0) is 36.4. The van der Waals surface area contributed by atoms with E-state index in [2.05, 4.69) is 119 Å². The summed E-state index contributed by atoms with van der Waals surface area (Å²) in [6.45, 7) is 2.13. The summed E-state index contributed by atoms with van der Waals surface area (Å²) in [5.74, 6) is -0.300. The highest BCUT2D eigenvalue weighted by atomic mass is 16.5. The monoisotopic (exact) mass is 700 g/mol. The second kappa shape index (κ2) is 14.2. The molecule has 54 heavy (non-hydrogen) atoms. The minimum atomic E-state index is -0.300. The summed E-state index contributed by atoms with van der Waals surface area (Å²) in [7, 11) is 0. The van der Waals surface area contributed by atoms with Crippen LogP contribution in [-0.2, 0) is 9.53 Å². The normalized spacial score (nSPS) is 12.1. The number of benzene rings is 4. The molecule has 2 aliphatic rings. The molecule has 260 valence electrons. The first-order valence-corrected chi connectivity index (χ1v) is 18.2. The molecule has 6 nitrogen and oxygen atoms in total. The van der Waals surface area contributed by atoms with E-state index in [1.54, 1.807) is 0 Å². The Bertz CT molecular complexity index is 2750. The van der Waals surface area contributed by atoms with Gasteiger partial charge in [0.2, 0.25) is 0 Å². The number of esters is 1. The molecular weight excluding hydrogens is 665 g/mol. The quantitative estimate of drug-likeness (QED) is 0.162. The molecule has 7 aromatic rings. The van der Waals surface area contributed by atoms with Gasteiger partial charge in [-0.1, -0.05) is 121 Å². The van der Waals surface area contributed by atoms with E-state index < -0.39 is 0 Å². The SMILES string of the molecule is CCOC(=O)CC1=Cc2nc1c(-c1ccccc1)c1ccc([nH]1)c(-c1ccccc1)c1nc(c(-c3ccccc3)c3ccc([nH]3)c2-c2ccccc2)C=C1. The van der Waals surface area contributed by atoms with Crippen LogP contribution in [0.1, 0.15) is 36.1 Å². The highest BCUT2D eigenvalue weighted by Gasteiger charge is 2.24. The first-order chi connectivity index (χ1) is 26.6. The van der Waals surface area contributed by atoms with Crippen molar-refractivity contribution in [1.82, 2.24) is 19.9 Å². The van der Waals surface area contributed by atoms with E-state index in [1.165, 1.54) is 0 Å². The minimum Gasteiger partial charge on any atom is -0.466 e. The van der Waals surface area contributed by atoms with Crippen molar-refractivity contribution in [3.05, 3.63) is 168 Å². The third kappa shape index (κ3) is 6.14. The lowest BCUT2D eigenvalue weighted by molar-refractivity contribution is -0.141. The molecular formula is C48H36N4O2. The molecule has 0 radical (unpaired) electrons. The number of fused-ring (bicyclic) bond motifs is 8. The van der Waals surface area contributed by atoms with Gasteiger partial charge < -0.3 is 14.7 Å². The van der Waals surface area contributed by atoms with E-state index in [-0.39, 0.29) is 12.4 Å². The maximum Gasteiger partial charge on any atom is 0.310 e. The maximum atomic E-state index is 13.3. The second-order valence-electron chi connectivity index (χ2n) is 13.2. The van der Waals surface area contributed by atoms with E-state index in [1.807, 2.05) is 61.5 Å². The van der Waals surface area contributed by atoms with Crippen molar-refractivity contribution >= 4 is 51.8 Å². The predicted octanol–water partition coefficient (Wildman–Crippen LogP) is 11.6. The molecule has 0 spiro atoms. The molecule has 0 aliphatic carbocycles. The minimum absolute atomic E-state index is 0.0748. The van der Waals surface area contributed by atoms with E-state index in [4.69, 9.17) is 14.7 Å². The van der Waals surface area contributed by atoms with Gasteiger partial charge in [-0.3, -0.25) is 4.79 Å². The molecule has 9 rings (SSSR count). The van der Waals surface area contributed by atoms with Crippen LogP contribution in [0.2, 0.25) is 0 Å². The molecule has 5 heterocycles. The number of hydrogen-bond acceptors (Lipinski definition) is 4. The smallest absolute Gasteiger partial charge is 0.310 e. The standard InChI is InChI=1S/C48H36N4O2/c1-2-54-43(53)30-35-29-42-46(33-19-11-5-12-20-33)40-26-25-38(50-40)44(31-15-7-3-8-16-31)36-23-24-37(49-36)45(32-17-9-4-10-18-32)39-27-28-41(51-39)47(48(35)52-42)34-21-13-6-14-22-34/h3-29,50-51H,2,30H2,1H3. The topological polar surface area (TPSA) is 83.7 Å². The molecule has 8 bridgehead atoms. The van der Waals surface area contributed by atoms with Gasteiger partial charge in [0.05, 0.1) is 35.8 Å². The average molecular weight is 701 g/mol. The highest BCUT2D eigenvalue weighted by Crippen LogP contribution is 2.41. The molecule has 0 unspecified atom stereocenters. The number of H-pyrrole nitrogens is 2. The Labute approximate surface area is 313 Å². The van der Waals surface area contributed by atoms with Crippen molar-refractivity contribution in [2.45, 2.75) is 13.3 Å². The van der Waals surface area contributed by atoms with Crippen LogP contribution in [0.15, 0.2) is 146 Å². The Balaban J connectivity index is 1.49. The van der Waals surface area contributed by atoms with Gasteiger partial charge in [-0.2, -0.15) is 0 Å². The van der Waals surface area contributed by atoms with Crippen LogP contribution in [0.4, 0.5) is 0 Å². The number of rotatable bonds is 7. The number of aromatic amines is 2. The number of ether oxygens (including phenoxy) is 1. The molecule has 0 saturated carbocycles. The van der Waals surface area contributed by atoms with E-state index in [0.717, 1.165) is 94.9 Å². The number of nitrogens with one attached hydrogen (secondary N) is 2. The average Bonchev–Trinajstić information content (AvgIpc) is 4.04. The molecule has 6 heteroatoms. The van der Waals surface area contributed by atoms with Crippen molar-refractivity contribution in [2.75, 3.05) is 6.61 Å². The predicted molar refractivity (Wildman–Crippen MR) is 221 cm³/mol. The van der Waals surface area contributed by atoms with Gasteiger partial charge in [0.1, 0.15) is 0 Å². The van der Waals surface area contributed by atoms with E-state index in [9.17, 15) is 4.79 Å². The molecule has 0 fully saturated rings. The van der Waals surface area contributed by atoms with Crippen LogP contribution in [0.3, 0.4) is 0 Å². The van der Waals surface area contributed by atoms with E-state index >= 15 is 0 Å². The molecule has 3 aromatic heterocycles. The van der Waals surface area contributed by atoms with Crippen LogP contribution in [-0.4, -0.2) is 32.5 Å². The van der Waals surface area contributed by atoms with Gasteiger partial charge in [0.25, 0.3) is 0 Å². The largest absolute Gasteiger partial charge is 0.466 e. The van der Waals surface area contributed by atoms with Crippen molar-refractivity contribution in [1.29, 1.82) is 0 Å². The molecule has 0 atom stereocenters. The van der Waals surface area contributed by atoms with Crippen LogP contribution in [0.25, 0.3) is 90.4 Å². The van der Waals surface area contributed by atoms with Crippen molar-refractivity contribution in [3.8, 4) is 44.5 Å². The van der Waals surface area contributed by atoms with Crippen molar-refractivity contribution in [3.63, 3.8) is 0 Å². The van der Waals surface area contributed by atoms with Gasteiger partial charge >= 0.3 is 5.97 Å². The van der Waals surface area contributed by atoms with Gasteiger partial charge in [0.15, 0.2) is 0 Å². The van der Waals surface area contributed by atoms with Crippen LogP contribution in [0.5, 0.6) is 0 Å². The summed E-state index contributed by atoms with van der Waals surface area (Å²) in [5, 5.41) is 0. The molecule has 0 amide bonds. The lowest BCUT2D eigenvalue weighted by Gasteiger charge is -2.09. The maximum absolute atomic E-state index is 13.3. The summed E-state index contributed by atoms with van der Waals surface area (Å²) in [5.41, 5.74) is 15.4. The molecule has 4 aromatic carbocycles. The fraction of sp³-hybridized carbons (Fsp3) is 0.0625. The fourth-order valence-corrected chi connectivity index (χ4v) is 7.48. The number of nitrogens with zero attached hydrogens (tertiary/aromatic N) is 2. The fourth-order valence-electron chi connectivity index (χ4n) is 7.48. The first kappa shape index (κ1) is 32.8. The summed E-state index contributed by atoms with van der Waals surface area (Å²) in [6, 6.07) is 49.7. The Morgan fingerprint density at radius 1 is 0.500 bits per heavy atom. The summed E-state index contributed by atoms with van der Waals surface area (Å²) in [6.07, 6.45) is 6.34. The molecule has 2 aliphatic heterocycles. The second-order valence-corrected chi connectivity index (χ2v) is 13.2. The zero-order valence-electron chi connectivity index (χ0n) is 29.7. The molecule has 2 N–H and O–H groups in total. The lowest BCUT2D eigenvalue weighted by Crippen LogP contribution is -2.04. The van der Waals surface area contributed by atoms with E-state index in [0.29, 0.717) is 6.61 Å². The van der Waals surface area contributed by atoms with Crippen molar-refractivity contribution in [2.24, 2.45) is 0 Å². The third-order valence-electron chi connectivity index (χ3n) is 9.83. The van der Waals surface area contributed by atoms with Crippen LogP contribution >= 0.6 is 0 Å².